The molecule has 0 unspecified atom stereocenters. The molecule has 0 radical (unpaired) electrons. The average molecular weight is 368 g/mol. The molecule has 0 atom stereocenters. The highest BCUT2D eigenvalue weighted by Gasteiger charge is 2.11. The number of hydrogen-bond acceptors (Lipinski definition) is 4. The predicted octanol–water partition coefficient (Wildman–Crippen LogP) is 3.78. The fraction of sp³-hybridized carbons (Fsp3) is 0.150. The van der Waals surface area contributed by atoms with Gasteiger partial charge in [0.25, 0.3) is 5.91 Å². The van der Waals surface area contributed by atoms with E-state index in [1.54, 1.807) is 43.3 Å². The van der Waals surface area contributed by atoms with Gasteiger partial charge in [0.1, 0.15) is 17.3 Å². The van der Waals surface area contributed by atoms with Gasteiger partial charge in [-0.15, -0.1) is 0 Å². The molecule has 27 heavy (non-hydrogen) atoms. The summed E-state index contributed by atoms with van der Waals surface area (Å²) in [4.78, 5) is 20.8. The van der Waals surface area contributed by atoms with Crippen molar-refractivity contribution in [2.45, 2.75) is 13.3 Å². The van der Waals surface area contributed by atoms with Gasteiger partial charge in [0, 0.05) is 17.9 Å². The Labute approximate surface area is 155 Å². The Morgan fingerprint density at radius 2 is 1.78 bits per heavy atom. The molecule has 1 amide bonds. The molecule has 0 fully saturated rings. The fourth-order valence-electron chi connectivity index (χ4n) is 2.51. The van der Waals surface area contributed by atoms with Crippen molar-refractivity contribution in [1.82, 2.24) is 15.3 Å². The van der Waals surface area contributed by atoms with Crippen LogP contribution in [0.3, 0.4) is 0 Å². The van der Waals surface area contributed by atoms with Crippen molar-refractivity contribution in [2.24, 2.45) is 0 Å². The van der Waals surface area contributed by atoms with Gasteiger partial charge < -0.3 is 10.6 Å². The van der Waals surface area contributed by atoms with E-state index in [0.29, 0.717) is 23.4 Å². The summed E-state index contributed by atoms with van der Waals surface area (Å²) in [5.74, 6) is -0.782. The zero-order valence-electron chi connectivity index (χ0n) is 14.7. The van der Waals surface area contributed by atoms with E-state index >= 15 is 0 Å². The second-order valence-electron chi connectivity index (χ2n) is 5.95. The standard InChI is InChI=1S/C20H18F2N4O/c1-13-12-18(19(27)23-11-10-14-4-2-3-5-17(14)22)26-20(24-13)25-16-8-6-15(21)7-9-16/h2-9,12H,10-11H2,1H3,(H,23,27)(H,24,25,26). The molecular formula is C20H18F2N4O. The zero-order valence-corrected chi connectivity index (χ0v) is 14.7. The van der Waals surface area contributed by atoms with E-state index in [2.05, 4.69) is 20.6 Å². The fourth-order valence-corrected chi connectivity index (χ4v) is 2.51. The smallest absolute Gasteiger partial charge is 0.270 e. The van der Waals surface area contributed by atoms with E-state index in [1.807, 2.05) is 0 Å². The normalized spacial score (nSPS) is 10.5. The predicted molar refractivity (Wildman–Crippen MR) is 98.9 cm³/mol. The summed E-state index contributed by atoms with van der Waals surface area (Å²) in [5.41, 5.74) is 1.94. The highest BCUT2D eigenvalue weighted by atomic mass is 19.1. The van der Waals surface area contributed by atoms with Crippen molar-refractivity contribution in [3.05, 3.63) is 83.2 Å². The minimum absolute atomic E-state index is 0.195. The number of nitrogens with one attached hydrogen (secondary N) is 2. The Morgan fingerprint density at radius 3 is 2.52 bits per heavy atom. The van der Waals surface area contributed by atoms with Crippen LogP contribution < -0.4 is 10.6 Å². The topological polar surface area (TPSA) is 66.9 Å². The van der Waals surface area contributed by atoms with E-state index in [9.17, 15) is 13.6 Å². The monoisotopic (exact) mass is 368 g/mol. The van der Waals surface area contributed by atoms with Crippen molar-refractivity contribution in [3.8, 4) is 0 Å². The number of rotatable bonds is 6. The number of amides is 1. The average Bonchev–Trinajstić information content (AvgIpc) is 2.64. The van der Waals surface area contributed by atoms with Crippen LogP contribution in [0.15, 0.2) is 54.6 Å². The van der Waals surface area contributed by atoms with Crippen LogP contribution in [0.25, 0.3) is 0 Å². The van der Waals surface area contributed by atoms with Crippen LogP contribution in [0.4, 0.5) is 20.4 Å². The summed E-state index contributed by atoms with van der Waals surface area (Å²) in [6.07, 6.45) is 0.378. The molecule has 0 saturated heterocycles. The van der Waals surface area contributed by atoms with Gasteiger partial charge >= 0.3 is 0 Å². The molecule has 0 aliphatic rings. The molecule has 5 nitrogen and oxygen atoms in total. The summed E-state index contributed by atoms with van der Waals surface area (Å²) in [7, 11) is 0. The van der Waals surface area contributed by atoms with Crippen molar-refractivity contribution < 1.29 is 13.6 Å². The second-order valence-corrected chi connectivity index (χ2v) is 5.95. The Morgan fingerprint density at radius 1 is 1.04 bits per heavy atom. The maximum absolute atomic E-state index is 13.6. The van der Waals surface area contributed by atoms with Gasteiger partial charge in [-0.25, -0.2) is 18.7 Å². The number of anilines is 2. The number of carbonyl (C=O) groups is 1. The van der Waals surface area contributed by atoms with Crippen LogP contribution in [0, 0.1) is 18.6 Å². The zero-order chi connectivity index (χ0) is 19.2. The van der Waals surface area contributed by atoms with Gasteiger partial charge in [-0.2, -0.15) is 0 Å². The molecule has 0 aliphatic carbocycles. The first-order valence-corrected chi connectivity index (χ1v) is 8.41. The largest absolute Gasteiger partial charge is 0.350 e. The Balaban J connectivity index is 1.65. The lowest BCUT2D eigenvalue weighted by Gasteiger charge is -2.09. The summed E-state index contributed by atoms with van der Waals surface area (Å²) < 4.78 is 26.6. The Hall–Kier alpha value is -3.35. The molecule has 0 spiro atoms. The molecule has 3 aromatic rings. The van der Waals surface area contributed by atoms with E-state index < -0.39 is 0 Å². The summed E-state index contributed by atoms with van der Waals surface area (Å²) >= 11 is 0. The van der Waals surface area contributed by atoms with Gasteiger partial charge in [0.15, 0.2) is 0 Å². The van der Waals surface area contributed by atoms with Gasteiger partial charge in [-0.3, -0.25) is 4.79 Å². The van der Waals surface area contributed by atoms with Crippen molar-refractivity contribution in [1.29, 1.82) is 0 Å². The molecule has 0 aliphatic heterocycles. The number of hydrogen-bond donors (Lipinski definition) is 2. The van der Waals surface area contributed by atoms with E-state index in [1.165, 1.54) is 18.2 Å². The molecule has 0 bridgehead atoms. The van der Waals surface area contributed by atoms with Gasteiger partial charge in [-0.1, -0.05) is 18.2 Å². The molecule has 2 aromatic carbocycles. The molecule has 0 saturated carbocycles. The molecule has 138 valence electrons. The first kappa shape index (κ1) is 18.4. The molecule has 1 heterocycles. The lowest BCUT2D eigenvalue weighted by molar-refractivity contribution is 0.0949. The molecule has 2 N–H and O–H groups in total. The number of aromatic nitrogens is 2. The van der Waals surface area contributed by atoms with E-state index in [-0.39, 0.29) is 35.7 Å². The Bertz CT molecular complexity index is 945. The Kier molecular flexibility index (Phi) is 5.71. The number of nitrogens with zero attached hydrogens (tertiary/aromatic N) is 2. The molecule has 7 heteroatoms. The van der Waals surface area contributed by atoms with E-state index in [0.717, 1.165) is 0 Å². The summed E-state index contributed by atoms with van der Waals surface area (Å²) in [5, 5.41) is 5.67. The van der Waals surface area contributed by atoms with E-state index in [4.69, 9.17) is 0 Å². The van der Waals surface area contributed by atoms with Crippen LogP contribution in [-0.2, 0) is 6.42 Å². The minimum Gasteiger partial charge on any atom is -0.350 e. The van der Waals surface area contributed by atoms with Crippen LogP contribution in [-0.4, -0.2) is 22.4 Å². The van der Waals surface area contributed by atoms with Crippen LogP contribution in [0.5, 0.6) is 0 Å². The first-order chi connectivity index (χ1) is 13.0. The highest BCUT2D eigenvalue weighted by molar-refractivity contribution is 5.92. The molecular weight excluding hydrogens is 350 g/mol. The summed E-state index contributed by atoms with van der Waals surface area (Å²) in [6.45, 7) is 2.02. The van der Waals surface area contributed by atoms with Crippen LogP contribution in [0.2, 0.25) is 0 Å². The lowest BCUT2D eigenvalue weighted by Crippen LogP contribution is -2.27. The number of carbonyl (C=O) groups excluding carboxylic acids is 1. The maximum Gasteiger partial charge on any atom is 0.270 e. The quantitative estimate of drug-likeness (QED) is 0.695. The maximum atomic E-state index is 13.6. The van der Waals surface area contributed by atoms with Crippen LogP contribution >= 0.6 is 0 Å². The number of aryl methyl sites for hydroxylation is 1. The van der Waals surface area contributed by atoms with Crippen LogP contribution in [0.1, 0.15) is 21.7 Å². The summed E-state index contributed by atoms with van der Waals surface area (Å²) in [6, 6.07) is 13.7. The lowest BCUT2D eigenvalue weighted by atomic mass is 10.1. The van der Waals surface area contributed by atoms with Crippen molar-refractivity contribution in [2.75, 3.05) is 11.9 Å². The minimum atomic E-state index is -0.376. The number of halogens is 2. The third kappa shape index (κ3) is 5.07. The van der Waals surface area contributed by atoms with Gasteiger partial charge in [-0.05, 0) is 55.3 Å². The van der Waals surface area contributed by atoms with Gasteiger partial charge in [0.2, 0.25) is 5.95 Å². The van der Waals surface area contributed by atoms with Gasteiger partial charge in [0.05, 0.1) is 0 Å². The molecule has 1 aromatic heterocycles. The third-order valence-electron chi connectivity index (χ3n) is 3.82. The first-order valence-electron chi connectivity index (χ1n) is 8.41. The highest BCUT2D eigenvalue weighted by Crippen LogP contribution is 2.14. The SMILES string of the molecule is Cc1cc(C(=O)NCCc2ccccc2F)nc(Nc2ccc(F)cc2)n1. The molecule has 3 rings (SSSR count). The van der Waals surface area contributed by atoms with Crippen molar-refractivity contribution in [3.63, 3.8) is 0 Å². The number of benzene rings is 2. The second kappa shape index (κ2) is 8.35. The van der Waals surface area contributed by atoms with Crippen molar-refractivity contribution >= 4 is 17.5 Å². The third-order valence-corrected chi connectivity index (χ3v) is 3.82.